The van der Waals surface area contributed by atoms with E-state index in [1.165, 1.54) is 0 Å². The van der Waals surface area contributed by atoms with E-state index in [0.717, 1.165) is 55.3 Å². The molecule has 6 aromatic rings. The Morgan fingerprint density at radius 3 is 1.44 bits per heavy atom. The van der Waals surface area contributed by atoms with Gasteiger partial charge in [0.2, 0.25) is 0 Å². The molecule has 0 amide bonds. The molecule has 5 aromatic carbocycles. The molecule has 0 radical (unpaired) electrons. The highest BCUT2D eigenvalue weighted by atomic mass is 31.2. The first kappa shape index (κ1) is 53.0. The molecule has 2 N–H and O–H groups in total. The van der Waals surface area contributed by atoms with Crippen molar-refractivity contribution in [2.24, 2.45) is 5.92 Å². The molecule has 0 aliphatic carbocycles. The number of benzene rings is 5. The average molecular weight is 995 g/mol. The van der Waals surface area contributed by atoms with Crippen molar-refractivity contribution < 1.29 is 46.2 Å². The van der Waals surface area contributed by atoms with Crippen LogP contribution >= 0.6 is 16.8 Å². The van der Waals surface area contributed by atoms with Crippen LogP contribution in [0.25, 0.3) is 33.1 Å². The summed E-state index contributed by atoms with van der Waals surface area (Å²) in [5, 5.41) is 22.8. The van der Waals surface area contributed by atoms with Crippen LogP contribution in [0.3, 0.4) is 0 Å². The van der Waals surface area contributed by atoms with Crippen LogP contribution in [0.4, 0.5) is 0 Å². The summed E-state index contributed by atoms with van der Waals surface area (Å²) in [5.74, 6) is 3.91. The van der Waals surface area contributed by atoms with E-state index < -0.39 is 33.1 Å². The van der Waals surface area contributed by atoms with Gasteiger partial charge in [-0.2, -0.15) is 0 Å². The summed E-state index contributed by atoms with van der Waals surface area (Å²) in [6.07, 6.45) is 0.627. The Hall–Kier alpha value is -4.85. The summed E-state index contributed by atoms with van der Waals surface area (Å²) >= 11 is 0. The molecule has 70 heavy (non-hydrogen) atoms. The lowest BCUT2D eigenvalue weighted by atomic mass is 9.80. The summed E-state index contributed by atoms with van der Waals surface area (Å²) in [4.78, 5) is 0. The Morgan fingerprint density at radius 2 is 1.00 bits per heavy atom. The number of methoxy groups -OCH3 is 2. The van der Waals surface area contributed by atoms with Crippen LogP contribution in [0.2, 0.25) is 0 Å². The van der Waals surface area contributed by atoms with Crippen LogP contribution in [0.5, 0.6) is 34.5 Å². The molecule has 0 saturated heterocycles. The van der Waals surface area contributed by atoms with E-state index in [9.17, 15) is 10.2 Å². The van der Waals surface area contributed by atoms with Gasteiger partial charge in [-0.1, -0.05) is 124 Å². The topological polar surface area (TPSA) is 122 Å². The fourth-order valence-electron chi connectivity index (χ4n) is 8.84. The maximum Gasteiger partial charge on any atom is 0.530 e. The monoisotopic (exact) mass is 994 g/mol. The van der Waals surface area contributed by atoms with Crippen molar-refractivity contribution in [1.82, 2.24) is 0 Å². The largest absolute Gasteiger partial charge is 0.530 e. The van der Waals surface area contributed by atoms with Crippen molar-refractivity contribution >= 4 is 38.8 Å². The number of fused-ring (bicyclic) bond motifs is 4. The van der Waals surface area contributed by atoms with Gasteiger partial charge in [0.1, 0.15) is 34.2 Å². The van der Waals surface area contributed by atoms with E-state index in [1.807, 2.05) is 48.5 Å². The van der Waals surface area contributed by atoms with Gasteiger partial charge in [0.15, 0.2) is 11.5 Å². The molecular weight excluding hydrogens is 919 g/mol. The normalized spacial score (nSPS) is 14.5. The zero-order valence-electron chi connectivity index (χ0n) is 45.0. The van der Waals surface area contributed by atoms with Gasteiger partial charge in [-0.15, -0.1) is 0 Å². The van der Waals surface area contributed by atoms with E-state index in [4.69, 9.17) is 36.0 Å². The SMILES string of the molecule is COc1cc(CC(C)C)c(Op2oc3c(C(C)(C)C)cc(CO)cc3c3cc(CO)cc(C(C)(C)C)c3o2)c(-c2cc(OC)cc(C(C)(C)C)c2OP2Oc3cc(C(C)(C)C)cc(C(C)(C)C)c3O2)c1. The molecule has 7 rings (SSSR count). The minimum Gasteiger partial charge on any atom is -0.497 e. The number of rotatable bonds is 11. The van der Waals surface area contributed by atoms with Crippen LogP contribution in [-0.2, 0) is 46.7 Å². The molecule has 12 heteroatoms. The number of aliphatic hydroxyl groups is 2. The lowest BCUT2D eigenvalue weighted by Crippen LogP contribution is -2.16. The fourth-order valence-corrected chi connectivity index (χ4v) is 11.1. The van der Waals surface area contributed by atoms with Crippen molar-refractivity contribution in [2.45, 2.75) is 164 Å². The molecule has 1 aliphatic heterocycles. The Morgan fingerprint density at radius 1 is 0.514 bits per heavy atom. The molecule has 1 aromatic heterocycles. The zero-order chi connectivity index (χ0) is 51.6. The van der Waals surface area contributed by atoms with Gasteiger partial charge in [-0.05, 0) is 116 Å². The maximum absolute atomic E-state index is 10.6. The van der Waals surface area contributed by atoms with Gasteiger partial charge in [-0.25, -0.2) is 0 Å². The molecular formula is C58H76O10P2. The van der Waals surface area contributed by atoms with E-state index >= 15 is 0 Å². The number of hydrogen-bond donors (Lipinski definition) is 2. The van der Waals surface area contributed by atoms with E-state index in [-0.39, 0.29) is 30.0 Å². The lowest BCUT2D eigenvalue weighted by molar-refractivity contribution is 0.281. The highest BCUT2D eigenvalue weighted by Crippen LogP contribution is 2.60. The fraction of sp³-hybridized carbons (Fsp3) is 0.483. The molecule has 0 fully saturated rings. The van der Waals surface area contributed by atoms with Crippen molar-refractivity contribution in [3.8, 4) is 45.6 Å². The third-order valence-corrected chi connectivity index (χ3v) is 14.7. The minimum atomic E-state index is -2.27. The van der Waals surface area contributed by atoms with Gasteiger partial charge in [0, 0.05) is 44.2 Å². The smallest absolute Gasteiger partial charge is 0.497 e. The van der Waals surface area contributed by atoms with Crippen molar-refractivity contribution in [2.75, 3.05) is 14.2 Å². The van der Waals surface area contributed by atoms with Crippen LogP contribution in [0.15, 0.2) is 69.1 Å². The van der Waals surface area contributed by atoms with Crippen LogP contribution in [0.1, 0.15) is 162 Å². The third-order valence-electron chi connectivity index (χ3n) is 12.7. The Balaban J connectivity index is 1.56. The summed E-state index contributed by atoms with van der Waals surface area (Å²) in [6, 6.07) is 20.2. The van der Waals surface area contributed by atoms with Crippen molar-refractivity contribution in [3.63, 3.8) is 0 Å². The number of aliphatic hydroxyl groups excluding tert-OH is 2. The Kier molecular flexibility index (Phi) is 14.6. The second-order valence-corrected chi connectivity index (χ2v) is 26.3. The van der Waals surface area contributed by atoms with E-state index in [2.05, 4.69) is 130 Å². The van der Waals surface area contributed by atoms with Gasteiger partial charge in [-0.3, -0.25) is 0 Å². The lowest BCUT2D eigenvalue weighted by Gasteiger charge is -2.27. The van der Waals surface area contributed by atoms with Gasteiger partial charge in [0.05, 0.1) is 27.4 Å². The molecule has 0 bridgehead atoms. The zero-order valence-corrected chi connectivity index (χ0v) is 46.8. The molecule has 1 unspecified atom stereocenters. The first-order chi connectivity index (χ1) is 32.4. The van der Waals surface area contributed by atoms with Crippen LogP contribution in [0, 0.1) is 5.92 Å². The van der Waals surface area contributed by atoms with Crippen molar-refractivity contribution in [1.29, 1.82) is 0 Å². The molecule has 0 spiro atoms. The average Bonchev–Trinajstić information content (AvgIpc) is 3.59. The standard InChI is InChI=1S/C58H76O10P2/c1-33(2)20-36-25-38(61-18)28-42(43-29-39(62-19)30-47(58(15,16)17)52(43)65-69-63-48-27-37(54(3,4)5)26-46(53(48)68-69)57(12,13)14)49(36)64-70-66-50-40(21-34(31-59)23-44(50)55(6,7)8)41-22-35(32-60)24-45(51(41)67-70)56(9,10)11/h21-30,33,59-60H,20,31-32H2,1-19H3. The second-order valence-electron chi connectivity index (χ2n) is 24.3. The quantitative estimate of drug-likeness (QED) is 0.121. The summed E-state index contributed by atoms with van der Waals surface area (Å²) in [7, 11) is -0.934. The predicted molar refractivity (Wildman–Crippen MR) is 286 cm³/mol. The summed E-state index contributed by atoms with van der Waals surface area (Å²) in [5.41, 5.74) is 8.06. The van der Waals surface area contributed by atoms with Gasteiger partial charge in [0.25, 0.3) is 0 Å². The molecule has 1 aliphatic rings. The Labute approximate surface area is 418 Å². The van der Waals surface area contributed by atoms with Crippen molar-refractivity contribution in [3.05, 3.63) is 105 Å². The number of hydrogen-bond acceptors (Lipinski definition) is 10. The highest BCUT2D eigenvalue weighted by molar-refractivity contribution is 7.43. The van der Waals surface area contributed by atoms with Crippen LogP contribution < -0.4 is 27.6 Å². The second kappa shape index (κ2) is 19.3. The molecule has 10 nitrogen and oxygen atoms in total. The molecule has 1 atom stereocenters. The summed E-state index contributed by atoms with van der Waals surface area (Å²) in [6.45, 7) is 36.4. The molecule has 378 valence electrons. The Bertz CT molecular complexity index is 2880. The predicted octanol–water partition coefficient (Wildman–Crippen LogP) is 16.6. The first-order valence-electron chi connectivity index (χ1n) is 24.3. The molecule has 2 heterocycles. The summed E-state index contributed by atoms with van der Waals surface area (Å²) < 4.78 is 54.6. The first-order valence-corrected chi connectivity index (χ1v) is 26.5. The minimum absolute atomic E-state index is 0.131. The number of ether oxygens (including phenoxy) is 2. The van der Waals surface area contributed by atoms with Gasteiger partial charge >= 0.3 is 16.8 Å². The molecule has 0 saturated carbocycles. The van der Waals surface area contributed by atoms with Gasteiger partial charge < -0.3 is 46.2 Å². The maximum atomic E-state index is 10.6. The third kappa shape index (κ3) is 11.0. The van der Waals surface area contributed by atoms with E-state index in [0.29, 0.717) is 63.2 Å². The highest BCUT2D eigenvalue weighted by Gasteiger charge is 2.39. The van der Waals surface area contributed by atoms with E-state index in [1.54, 1.807) is 14.2 Å². The van der Waals surface area contributed by atoms with Crippen LogP contribution in [-0.4, -0.2) is 24.4 Å².